The van der Waals surface area contributed by atoms with Gasteiger partial charge >= 0.3 is 0 Å². The van der Waals surface area contributed by atoms with E-state index in [2.05, 4.69) is 61.0 Å². The molecule has 2 heteroatoms. The quantitative estimate of drug-likeness (QED) is 0.753. The summed E-state index contributed by atoms with van der Waals surface area (Å²) in [6, 6.07) is 14.6. The van der Waals surface area contributed by atoms with Crippen molar-refractivity contribution in [3.05, 3.63) is 48.7 Å². The summed E-state index contributed by atoms with van der Waals surface area (Å²) in [5.41, 5.74) is 2.43. The fraction of sp³-hybridized carbons (Fsp3) is 0.333. The second kappa shape index (κ2) is 5.69. The van der Waals surface area contributed by atoms with E-state index in [0.717, 1.165) is 13.0 Å². The first-order valence-corrected chi connectivity index (χ1v) is 6.16. The molecule has 2 aromatic rings. The molecule has 17 heavy (non-hydrogen) atoms. The number of aromatic nitrogens is 1. The summed E-state index contributed by atoms with van der Waals surface area (Å²) in [5, 5.41) is 0. The van der Waals surface area contributed by atoms with Crippen LogP contribution in [0.5, 0.6) is 0 Å². The molecule has 1 aromatic heterocycles. The van der Waals surface area contributed by atoms with Crippen molar-refractivity contribution in [3.8, 4) is 11.3 Å². The van der Waals surface area contributed by atoms with Crippen LogP contribution in [0.25, 0.3) is 11.3 Å². The van der Waals surface area contributed by atoms with E-state index in [1.54, 1.807) is 0 Å². The van der Waals surface area contributed by atoms with E-state index in [-0.39, 0.29) is 6.23 Å². The van der Waals surface area contributed by atoms with Crippen LogP contribution in [0.15, 0.2) is 48.7 Å². The Balaban J connectivity index is 2.23. The molecular weight excluding hydrogens is 210 g/mol. The van der Waals surface area contributed by atoms with Crippen LogP contribution >= 0.6 is 0 Å². The average Bonchev–Trinajstić information content (AvgIpc) is 2.86. The molecule has 1 unspecified atom stereocenters. The fourth-order valence-corrected chi connectivity index (χ4v) is 1.93. The van der Waals surface area contributed by atoms with Crippen LogP contribution in [0, 0.1) is 0 Å². The average molecular weight is 229 g/mol. The standard InChI is InChI=1S/C15H19NO/c1-3-12-17-13(2)16-11-7-10-15(16)14-8-5-4-6-9-14/h4-11,13H,3,12H2,1-2H3. The molecule has 0 saturated heterocycles. The molecule has 1 heterocycles. The van der Waals surface area contributed by atoms with Gasteiger partial charge in [-0.1, -0.05) is 37.3 Å². The highest BCUT2D eigenvalue weighted by Crippen LogP contribution is 2.23. The maximum Gasteiger partial charge on any atom is 0.131 e. The fourth-order valence-electron chi connectivity index (χ4n) is 1.93. The van der Waals surface area contributed by atoms with Crippen LogP contribution < -0.4 is 0 Å². The molecule has 0 spiro atoms. The third-order valence-corrected chi connectivity index (χ3v) is 2.80. The minimum absolute atomic E-state index is 0.0835. The van der Waals surface area contributed by atoms with Gasteiger partial charge in [0, 0.05) is 12.8 Å². The number of benzene rings is 1. The van der Waals surface area contributed by atoms with Crippen LogP contribution in [0.2, 0.25) is 0 Å². The van der Waals surface area contributed by atoms with E-state index in [9.17, 15) is 0 Å². The lowest BCUT2D eigenvalue weighted by Crippen LogP contribution is -2.10. The highest BCUT2D eigenvalue weighted by atomic mass is 16.5. The van der Waals surface area contributed by atoms with Crippen LogP contribution in [-0.4, -0.2) is 11.2 Å². The van der Waals surface area contributed by atoms with E-state index in [4.69, 9.17) is 4.74 Å². The Morgan fingerprint density at radius 3 is 2.59 bits per heavy atom. The summed E-state index contributed by atoms with van der Waals surface area (Å²) >= 11 is 0. The van der Waals surface area contributed by atoms with Gasteiger partial charge in [-0.05, 0) is 31.0 Å². The van der Waals surface area contributed by atoms with E-state index < -0.39 is 0 Å². The maximum atomic E-state index is 5.76. The zero-order valence-corrected chi connectivity index (χ0v) is 10.5. The van der Waals surface area contributed by atoms with Crippen LogP contribution in [-0.2, 0) is 4.74 Å². The molecule has 2 rings (SSSR count). The summed E-state index contributed by atoms with van der Waals surface area (Å²) in [7, 11) is 0. The molecule has 0 fully saturated rings. The number of hydrogen-bond acceptors (Lipinski definition) is 1. The van der Waals surface area contributed by atoms with Gasteiger partial charge < -0.3 is 9.30 Å². The van der Waals surface area contributed by atoms with Gasteiger partial charge in [0.25, 0.3) is 0 Å². The zero-order chi connectivity index (χ0) is 12.1. The van der Waals surface area contributed by atoms with Crippen molar-refractivity contribution < 1.29 is 4.74 Å². The third kappa shape index (κ3) is 2.77. The molecule has 0 saturated carbocycles. The zero-order valence-electron chi connectivity index (χ0n) is 10.5. The maximum absolute atomic E-state index is 5.76. The van der Waals surface area contributed by atoms with Crippen molar-refractivity contribution >= 4 is 0 Å². The first-order chi connectivity index (χ1) is 8.33. The van der Waals surface area contributed by atoms with Gasteiger partial charge in [-0.3, -0.25) is 0 Å². The highest BCUT2D eigenvalue weighted by Gasteiger charge is 2.09. The Kier molecular flexibility index (Phi) is 3.99. The van der Waals surface area contributed by atoms with Crippen molar-refractivity contribution in [3.63, 3.8) is 0 Å². The molecule has 90 valence electrons. The molecule has 0 bridgehead atoms. The molecule has 0 aliphatic rings. The van der Waals surface area contributed by atoms with Gasteiger partial charge in [0.15, 0.2) is 0 Å². The Hall–Kier alpha value is -1.54. The topological polar surface area (TPSA) is 14.2 Å². The van der Waals surface area contributed by atoms with Gasteiger partial charge in [0.1, 0.15) is 6.23 Å². The summed E-state index contributed by atoms with van der Waals surface area (Å²) in [6.45, 7) is 5.01. The van der Waals surface area contributed by atoms with Crippen LogP contribution in [0.4, 0.5) is 0 Å². The Morgan fingerprint density at radius 1 is 1.12 bits per heavy atom. The van der Waals surface area contributed by atoms with E-state index >= 15 is 0 Å². The minimum Gasteiger partial charge on any atom is -0.358 e. The molecule has 2 nitrogen and oxygen atoms in total. The molecule has 0 N–H and O–H groups in total. The number of rotatable bonds is 5. The lowest BCUT2D eigenvalue weighted by Gasteiger charge is -2.18. The van der Waals surface area contributed by atoms with Gasteiger partial charge in [0.2, 0.25) is 0 Å². The lowest BCUT2D eigenvalue weighted by molar-refractivity contribution is 0.0180. The molecule has 1 atom stereocenters. The Labute approximate surface area is 103 Å². The summed E-state index contributed by atoms with van der Waals surface area (Å²) in [5.74, 6) is 0. The first kappa shape index (κ1) is 11.9. The molecule has 0 aliphatic carbocycles. The molecule has 0 radical (unpaired) electrons. The number of hydrogen-bond donors (Lipinski definition) is 0. The summed E-state index contributed by atoms with van der Waals surface area (Å²) < 4.78 is 7.93. The van der Waals surface area contributed by atoms with Gasteiger partial charge in [0.05, 0.1) is 5.69 Å². The van der Waals surface area contributed by atoms with Gasteiger partial charge in [-0.25, -0.2) is 0 Å². The largest absolute Gasteiger partial charge is 0.358 e. The van der Waals surface area contributed by atoms with Gasteiger partial charge in [-0.2, -0.15) is 0 Å². The normalized spacial score (nSPS) is 12.6. The SMILES string of the molecule is CCCOC(C)n1cccc1-c1ccccc1. The molecule has 0 aliphatic heterocycles. The van der Waals surface area contributed by atoms with Crippen molar-refractivity contribution in [1.29, 1.82) is 0 Å². The van der Waals surface area contributed by atoms with Crippen LogP contribution in [0.3, 0.4) is 0 Å². The summed E-state index contributed by atoms with van der Waals surface area (Å²) in [6.07, 6.45) is 3.20. The summed E-state index contributed by atoms with van der Waals surface area (Å²) in [4.78, 5) is 0. The lowest BCUT2D eigenvalue weighted by atomic mass is 10.1. The van der Waals surface area contributed by atoms with E-state index in [1.165, 1.54) is 11.3 Å². The van der Waals surface area contributed by atoms with Gasteiger partial charge in [-0.15, -0.1) is 0 Å². The first-order valence-electron chi connectivity index (χ1n) is 6.16. The number of ether oxygens (including phenoxy) is 1. The van der Waals surface area contributed by atoms with Crippen LogP contribution in [0.1, 0.15) is 26.5 Å². The predicted octanol–water partition coefficient (Wildman–Crippen LogP) is 4.10. The number of nitrogens with zero attached hydrogens (tertiary/aromatic N) is 1. The van der Waals surface area contributed by atoms with Crippen molar-refractivity contribution in [2.75, 3.05) is 6.61 Å². The highest BCUT2D eigenvalue weighted by molar-refractivity contribution is 5.59. The van der Waals surface area contributed by atoms with Crippen molar-refractivity contribution in [2.45, 2.75) is 26.5 Å². The molecule has 1 aromatic carbocycles. The Bertz CT molecular complexity index is 447. The molecular formula is C15H19NO. The van der Waals surface area contributed by atoms with E-state index in [0.29, 0.717) is 0 Å². The third-order valence-electron chi connectivity index (χ3n) is 2.80. The second-order valence-corrected chi connectivity index (χ2v) is 4.14. The van der Waals surface area contributed by atoms with E-state index in [1.807, 2.05) is 6.07 Å². The monoisotopic (exact) mass is 229 g/mol. The smallest absolute Gasteiger partial charge is 0.131 e. The van der Waals surface area contributed by atoms with Crippen molar-refractivity contribution in [2.24, 2.45) is 0 Å². The molecule has 0 amide bonds. The minimum atomic E-state index is 0.0835. The predicted molar refractivity (Wildman–Crippen MR) is 70.8 cm³/mol. The second-order valence-electron chi connectivity index (χ2n) is 4.14. The van der Waals surface area contributed by atoms with Crippen molar-refractivity contribution in [1.82, 2.24) is 4.57 Å². The Morgan fingerprint density at radius 2 is 1.88 bits per heavy atom.